The number of ether oxygens (including phenoxy) is 1. The van der Waals surface area contributed by atoms with Gasteiger partial charge in [0.25, 0.3) is 0 Å². The van der Waals surface area contributed by atoms with Crippen molar-refractivity contribution in [2.24, 2.45) is 5.14 Å². The largest absolute Gasteiger partial charge is 0.497 e. The van der Waals surface area contributed by atoms with Gasteiger partial charge >= 0.3 is 0 Å². The van der Waals surface area contributed by atoms with Crippen LogP contribution in [0.5, 0.6) is 5.75 Å². The van der Waals surface area contributed by atoms with Crippen LogP contribution in [0.15, 0.2) is 29.7 Å². The Morgan fingerprint density at radius 3 is 2.27 bits per heavy atom. The number of primary sulfonamides is 1. The summed E-state index contributed by atoms with van der Waals surface area (Å²) in [6.07, 6.45) is 0. The molecule has 15 heavy (non-hydrogen) atoms. The molecule has 0 aromatic heterocycles. The van der Waals surface area contributed by atoms with Crippen LogP contribution in [0.3, 0.4) is 0 Å². The van der Waals surface area contributed by atoms with Crippen molar-refractivity contribution >= 4 is 15.6 Å². The van der Waals surface area contributed by atoms with Crippen molar-refractivity contribution in [3.05, 3.63) is 35.2 Å². The molecule has 1 aromatic rings. The van der Waals surface area contributed by atoms with E-state index in [1.807, 2.05) is 0 Å². The number of rotatable bonds is 3. The van der Waals surface area contributed by atoms with E-state index in [1.54, 1.807) is 38.3 Å². The molecule has 4 nitrogen and oxygen atoms in total. The summed E-state index contributed by atoms with van der Waals surface area (Å²) in [7, 11) is -2.01. The molecule has 0 radical (unpaired) electrons. The molecule has 0 aliphatic heterocycles. The molecule has 0 atom stereocenters. The van der Waals surface area contributed by atoms with Crippen molar-refractivity contribution in [2.75, 3.05) is 7.11 Å². The first-order valence-corrected chi connectivity index (χ1v) is 5.89. The van der Waals surface area contributed by atoms with Gasteiger partial charge in [-0.3, -0.25) is 0 Å². The van der Waals surface area contributed by atoms with E-state index in [9.17, 15) is 8.42 Å². The molecular weight excluding hydrogens is 214 g/mol. The molecule has 82 valence electrons. The molecule has 0 saturated heterocycles. The molecule has 0 spiro atoms. The third-order valence-electron chi connectivity index (χ3n) is 1.89. The Balaban J connectivity index is 3.02. The Hall–Kier alpha value is -1.33. The fourth-order valence-electron chi connectivity index (χ4n) is 1.17. The van der Waals surface area contributed by atoms with E-state index < -0.39 is 10.0 Å². The summed E-state index contributed by atoms with van der Waals surface area (Å²) in [5.41, 5.74) is 1.39. The molecule has 2 N–H and O–H groups in total. The van der Waals surface area contributed by atoms with E-state index in [1.165, 1.54) is 0 Å². The predicted molar refractivity (Wildman–Crippen MR) is 59.8 cm³/mol. The zero-order valence-electron chi connectivity index (χ0n) is 8.60. The molecule has 0 aliphatic carbocycles. The quantitative estimate of drug-likeness (QED) is 0.847. The lowest BCUT2D eigenvalue weighted by Crippen LogP contribution is -2.07. The number of hydrogen-bond donors (Lipinski definition) is 1. The van der Waals surface area contributed by atoms with Crippen LogP contribution in [0.1, 0.15) is 12.5 Å². The van der Waals surface area contributed by atoms with E-state index >= 15 is 0 Å². The molecular formula is C10H13NO3S. The number of allylic oxidation sites excluding steroid dienone is 1. The van der Waals surface area contributed by atoms with Crippen LogP contribution in [-0.4, -0.2) is 15.5 Å². The van der Waals surface area contributed by atoms with Crippen LogP contribution in [0, 0.1) is 0 Å². The molecule has 1 rings (SSSR count). The SMILES string of the molecule is COc1ccc(/C(C)=C/S(N)(=O)=O)cc1. The Bertz CT molecular complexity index is 460. The third kappa shape index (κ3) is 3.73. The van der Waals surface area contributed by atoms with Crippen LogP contribution in [0.4, 0.5) is 0 Å². The summed E-state index contributed by atoms with van der Waals surface area (Å²) < 4.78 is 26.6. The standard InChI is InChI=1S/C10H13NO3S/c1-8(7-15(11,12)13)9-3-5-10(14-2)6-4-9/h3-7H,1-2H3,(H2,11,12,13)/b8-7+. The second kappa shape index (κ2) is 4.46. The molecule has 0 saturated carbocycles. The normalized spacial score (nSPS) is 12.6. The van der Waals surface area contributed by atoms with Gasteiger partial charge in [-0.25, -0.2) is 13.6 Å². The highest BCUT2D eigenvalue weighted by molar-refractivity contribution is 7.92. The molecule has 0 amide bonds. The van der Waals surface area contributed by atoms with Gasteiger partial charge in [0.15, 0.2) is 0 Å². The fourth-order valence-corrected chi connectivity index (χ4v) is 1.80. The van der Waals surface area contributed by atoms with Gasteiger partial charge in [0.2, 0.25) is 10.0 Å². The fraction of sp³-hybridized carbons (Fsp3) is 0.200. The molecule has 0 fully saturated rings. The van der Waals surface area contributed by atoms with E-state index in [0.717, 1.165) is 16.7 Å². The van der Waals surface area contributed by atoms with Crippen molar-refractivity contribution < 1.29 is 13.2 Å². The Labute approximate surface area is 89.4 Å². The molecule has 0 heterocycles. The highest BCUT2D eigenvalue weighted by Gasteiger charge is 2.01. The molecule has 0 bridgehead atoms. The van der Waals surface area contributed by atoms with Crippen molar-refractivity contribution in [1.29, 1.82) is 0 Å². The number of methoxy groups -OCH3 is 1. The van der Waals surface area contributed by atoms with Crippen LogP contribution in [0.25, 0.3) is 5.57 Å². The molecule has 1 aromatic carbocycles. The van der Waals surface area contributed by atoms with Crippen molar-refractivity contribution in [1.82, 2.24) is 0 Å². The lowest BCUT2D eigenvalue weighted by molar-refractivity contribution is 0.415. The first-order chi connectivity index (χ1) is 6.92. The number of sulfonamides is 1. The molecule has 5 heteroatoms. The summed E-state index contributed by atoms with van der Waals surface area (Å²) in [5.74, 6) is 0.724. The van der Waals surface area contributed by atoms with Gasteiger partial charge in [-0.2, -0.15) is 0 Å². The van der Waals surface area contributed by atoms with E-state index in [0.29, 0.717) is 5.57 Å². The second-order valence-corrected chi connectivity index (χ2v) is 4.53. The Morgan fingerprint density at radius 1 is 1.33 bits per heavy atom. The lowest BCUT2D eigenvalue weighted by atomic mass is 10.1. The van der Waals surface area contributed by atoms with Gasteiger partial charge in [0.1, 0.15) is 5.75 Å². The number of benzene rings is 1. The summed E-state index contributed by atoms with van der Waals surface area (Å²) >= 11 is 0. The van der Waals surface area contributed by atoms with Gasteiger partial charge in [-0.15, -0.1) is 0 Å². The number of nitrogens with two attached hydrogens (primary N) is 1. The van der Waals surface area contributed by atoms with Crippen molar-refractivity contribution in [2.45, 2.75) is 6.92 Å². The maximum absolute atomic E-state index is 10.8. The smallest absolute Gasteiger partial charge is 0.231 e. The summed E-state index contributed by atoms with van der Waals surface area (Å²) in [5, 5.41) is 5.94. The first-order valence-electron chi connectivity index (χ1n) is 4.28. The van der Waals surface area contributed by atoms with Crippen LogP contribution < -0.4 is 9.88 Å². The Kier molecular flexibility index (Phi) is 3.49. The third-order valence-corrected chi connectivity index (χ3v) is 2.57. The van der Waals surface area contributed by atoms with E-state index in [-0.39, 0.29) is 0 Å². The maximum atomic E-state index is 10.8. The van der Waals surface area contributed by atoms with Gasteiger partial charge in [0, 0.05) is 5.41 Å². The summed E-state index contributed by atoms with van der Waals surface area (Å²) in [4.78, 5) is 0. The molecule has 0 aliphatic rings. The average Bonchev–Trinajstić information content (AvgIpc) is 2.15. The van der Waals surface area contributed by atoms with Crippen LogP contribution >= 0.6 is 0 Å². The summed E-state index contributed by atoms with van der Waals surface area (Å²) in [6.45, 7) is 1.69. The van der Waals surface area contributed by atoms with Crippen molar-refractivity contribution in [3.8, 4) is 5.75 Å². The predicted octanol–water partition coefficient (Wildman–Crippen LogP) is 1.34. The maximum Gasteiger partial charge on any atom is 0.231 e. The minimum atomic E-state index is -3.58. The monoisotopic (exact) mass is 227 g/mol. The topological polar surface area (TPSA) is 69.4 Å². The lowest BCUT2D eigenvalue weighted by Gasteiger charge is -2.03. The highest BCUT2D eigenvalue weighted by Crippen LogP contribution is 2.18. The van der Waals surface area contributed by atoms with E-state index in [4.69, 9.17) is 9.88 Å². The van der Waals surface area contributed by atoms with Gasteiger partial charge in [0.05, 0.1) is 7.11 Å². The number of hydrogen-bond acceptors (Lipinski definition) is 3. The van der Waals surface area contributed by atoms with Crippen LogP contribution in [0.2, 0.25) is 0 Å². The highest BCUT2D eigenvalue weighted by atomic mass is 32.2. The minimum absolute atomic E-state index is 0.597. The van der Waals surface area contributed by atoms with E-state index in [2.05, 4.69) is 0 Å². The Morgan fingerprint density at radius 2 is 1.87 bits per heavy atom. The summed E-state index contributed by atoms with van der Waals surface area (Å²) in [6, 6.07) is 7.07. The zero-order chi connectivity index (χ0) is 11.5. The van der Waals surface area contributed by atoms with Gasteiger partial charge < -0.3 is 4.74 Å². The van der Waals surface area contributed by atoms with Crippen molar-refractivity contribution in [3.63, 3.8) is 0 Å². The van der Waals surface area contributed by atoms with Gasteiger partial charge in [-0.1, -0.05) is 12.1 Å². The minimum Gasteiger partial charge on any atom is -0.497 e. The average molecular weight is 227 g/mol. The molecule has 0 unspecified atom stereocenters. The van der Waals surface area contributed by atoms with Gasteiger partial charge in [-0.05, 0) is 30.2 Å². The van der Waals surface area contributed by atoms with Crippen LogP contribution in [-0.2, 0) is 10.0 Å². The second-order valence-electron chi connectivity index (χ2n) is 3.12. The zero-order valence-corrected chi connectivity index (χ0v) is 9.41. The first kappa shape index (κ1) is 11.7.